The zero-order chi connectivity index (χ0) is 10.7. The van der Waals surface area contributed by atoms with Crippen molar-refractivity contribution in [3.63, 3.8) is 0 Å². The standard InChI is InChI=1S/C9H7Br3O2/c10-6-3-1-5(2-4-6)7(11)8(12)9(13)14/h1-4,7-8H,(H,13,14)/t7-,8+/m1/s1. The highest BCUT2D eigenvalue weighted by atomic mass is 79.9. The van der Waals surface area contributed by atoms with Crippen LogP contribution in [0.25, 0.3) is 0 Å². The summed E-state index contributed by atoms with van der Waals surface area (Å²) in [5.41, 5.74) is 0.928. The van der Waals surface area contributed by atoms with Crippen molar-refractivity contribution in [3.8, 4) is 0 Å². The molecule has 2 atom stereocenters. The molecule has 0 bridgehead atoms. The van der Waals surface area contributed by atoms with E-state index in [9.17, 15) is 4.79 Å². The van der Waals surface area contributed by atoms with E-state index in [1.807, 2.05) is 24.3 Å². The summed E-state index contributed by atoms with van der Waals surface area (Å²) in [5.74, 6) is -0.880. The molecule has 0 aliphatic rings. The summed E-state index contributed by atoms with van der Waals surface area (Å²) in [4.78, 5) is 9.84. The molecule has 0 saturated carbocycles. The van der Waals surface area contributed by atoms with Gasteiger partial charge < -0.3 is 5.11 Å². The highest BCUT2D eigenvalue weighted by Crippen LogP contribution is 2.31. The number of halogens is 3. The number of aliphatic carboxylic acids is 1. The first-order valence-electron chi connectivity index (χ1n) is 3.79. The fraction of sp³-hybridized carbons (Fsp3) is 0.222. The third kappa shape index (κ3) is 3.07. The van der Waals surface area contributed by atoms with E-state index >= 15 is 0 Å². The Morgan fingerprint density at radius 1 is 1.21 bits per heavy atom. The highest BCUT2D eigenvalue weighted by Gasteiger charge is 2.24. The molecule has 0 unspecified atom stereocenters. The summed E-state index contributed by atoms with van der Waals surface area (Å²) in [6, 6.07) is 7.51. The number of alkyl halides is 2. The lowest BCUT2D eigenvalue weighted by Gasteiger charge is -2.12. The van der Waals surface area contributed by atoms with Crippen molar-refractivity contribution >= 4 is 53.8 Å². The van der Waals surface area contributed by atoms with Crippen LogP contribution in [0.3, 0.4) is 0 Å². The summed E-state index contributed by atoms with van der Waals surface area (Å²) in [7, 11) is 0. The van der Waals surface area contributed by atoms with Gasteiger partial charge in [0.2, 0.25) is 0 Å². The molecule has 0 spiro atoms. The Morgan fingerprint density at radius 2 is 1.71 bits per heavy atom. The Labute approximate surface area is 107 Å². The maximum Gasteiger partial charge on any atom is 0.318 e. The van der Waals surface area contributed by atoms with Gasteiger partial charge in [-0.3, -0.25) is 4.79 Å². The van der Waals surface area contributed by atoms with Crippen LogP contribution < -0.4 is 0 Å². The molecule has 0 heterocycles. The lowest BCUT2D eigenvalue weighted by atomic mass is 10.1. The van der Waals surface area contributed by atoms with Crippen LogP contribution in [0.5, 0.6) is 0 Å². The molecule has 76 valence electrons. The van der Waals surface area contributed by atoms with Gasteiger partial charge in [-0.05, 0) is 17.7 Å². The highest BCUT2D eigenvalue weighted by molar-refractivity contribution is 9.12. The zero-order valence-corrected chi connectivity index (χ0v) is 11.7. The number of carbonyl (C=O) groups is 1. The Hall–Kier alpha value is 0.130. The van der Waals surface area contributed by atoms with Crippen molar-refractivity contribution in [2.45, 2.75) is 9.65 Å². The lowest BCUT2D eigenvalue weighted by Crippen LogP contribution is -2.17. The molecule has 0 amide bonds. The zero-order valence-electron chi connectivity index (χ0n) is 6.95. The molecule has 0 radical (unpaired) electrons. The minimum atomic E-state index is -0.880. The molecule has 2 nitrogen and oxygen atoms in total. The van der Waals surface area contributed by atoms with Crippen LogP contribution in [-0.2, 0) is 4.79 Å². The van der Waals surface area contributed by atoms with Gasteiger partial charge in [0.1, 0.15) is 4.83 Å². The third-order valence-corrected chi connectivity index (χ3v) is 4.90. The largest absolute Gasteiger partial charge is 0.480 e. The lowest BCUT2D eigenvalue weighted by molar-refractivity contribution is -0.136. The Morgan fingerprint density at radius 3 is 2.14 bits per heavy atom. The molecular weight excluding hydrogens is 380 g/mol. The monoisotopic (exact) mass is 384 g/mol. The van der Waals surface area contributed by atoms with Gasteiger partial charge >= 0.3 is 5.97 Å². The van der Waals surface area contributed by atoms with E-state index in [1.54, 1.807) is 0 Å². The van der Waals surface area contributed by atoms with Crippen LogP contribution in [0.4, 0.5) is 0 Å². The van der Waals surface area contributed by atoms with Gasteiger partial charge in [0.15, 0.2) is 0 Å². The van der Waals surface area contributed by atoms with Crippen LogP contribution in [0, 0.1) is 0 Å². The Balaban J connectivity index is 2.84. The van der Waals surface area contributed by atoms with E-state index in [1.165, 1.54) is 0 Å². The fourth-order valence-electron chi connectivity index (χ4n) is 0.941. The molecule has 1 aromatic carbocycles. The summed E-state index contributed by atoms with van der Waals surface area (Å²) in [6.07, 6.45) is 0. The van der Waals surface area contributed by atoms with Crippen molar-refractivity contribution in [1.82, 2.24) is 0 Å². The first kappa shape index (κ1) is 12.2. The number of rotatable bonds is 3. The molecule has 0 saturated heterocycles. The van der Waals surface area contributed by atoms with Crippen LogP contribution in [0.2, 0.25) is 0 Å². The van der Waals surface area contributed by atoms with E-state index in [0.29, 0.717) is 0 Å². The van der Waals surface area contributed by atoms with Crippen LogP contribution in [-0.4, -0.2) is 15.9 Å². The molecular formula is C9H7Br3O2. The molecule has 0 aliphatic heterocycles. The molecule has 14 heavy (non-hydrogen) atoms. The number of carboxylic acids is 1. The van der Waals surface area contributed by atoms with Crippen molar-refractivity contribution in [2.24, 2.45) is 0 Å². The Kier molecular flexibility index (Phi) is 4.60. The first-order chi connectivity index (χ1) is 6.52. The van der Waals surface area contributed by atoms with Crippen LogP contribution in [0.15, 0.2) is 28.7 Å². The van der Waals surface area contributed by atoms with Gasteiger partial charge in [-0.15, -0.1) is 0 Å². The van der Waals surface area contributed by atoms with Crippen molar-refractivity contribution in [1.29, 1.82) is 0 Å². The molecule has 0 aliphatic carbocycles. The second kappa shape index (κ2) is 5.28. The minimum Gasteiger partial charge on any atom is -0.480 e. The third-order valence-electron chi connectivity index (χ3n) is 1.68. The number of carboxylic acid groups (broad SMARTS) is 1. The summed E-state index contributed by atoms with van der Waals surface area (Å²) < 4.78 is 0.974. The maximum atomic E-state index is 10.7. The van der Waals surface area contributed by atoms with Gasteiger partial charge in [0, 0.05) is 4.47 Å². The van der Waals surface area contributed by atoms with Gasteiger partial charge in [-0.1, -0.05) is 59.9 Å². The first-order valence-corrected chi connectivity index (χ1v) is 6.41. The van der Waals surface area contributed by atoms with Crippen molar-refractivity contribution in [3.05, 3.63) is 34.3 Å². The summed E-state index contributed by atoms with van der Waals surface area (Å²) >= 11 is 9.76. The quantitative estimate of drug-likeness (QED) is 0.804. The predicted octanol–water partition coefficient (Wildman–Crippen LogP) is 3.73. The normalized spacial score (nSPS) is 14.8. The molecule has 0 aromatic heterocycles. The second-order valence-corrected chi connectivity index (χ2v) is 5.58. The summed E-state index contributed by atoms with van der Waals surface area (Å²) in [6.45, 7) is 0. The minimum absolute atomic E-state index is 0.229. The predicted molar refractivity (Wildman–Crippen MR) is 66.2 cm³/mol. The van der Waals surface area contributed by atoms with Crippen LogP contribution >= 0.6 is 47.8 Å². The number of benzene rings is 1. The second-order valence-electron chi connectivity index (χ2n) is 2.69. The van der Waals surface area contributed by atoms with Crippen molar-refractivity contribution < 1.29 is 9.90 Å². The van der Waals surface area contributed by atoms with Crippen LogP contribution in [0.1, 0.15) is 10.4 Å². The van der Waals surface area contributed by atoms with Gasteiger partial charge in [0.05, 0.1) is 4.83 Å². The molecule has 5 heteroatoms. The smallest absolute Gasteiger partial charge is 0.318 e. The van der Waals surface area contributed by atoms with E-state index in [0.717, 1.165) is 10.0 Å². The van der Waals surface area contributed by atoms with Gasteiger partial charge in [0.25, 0.3) is 0 Å². The van der Waals surface area contributed by atoms with Gasteiger partial charge in [-0.25, -0.2) is 0 Å². The fourth-order valence-corrected chi connectivity index (χ4v) is 2.04. The summed E-state index contributed by atoms with van der Waals surface area (Å²) in [5, 5.41) is 8.78. The molecule has 0 fully saturated rings. The average molecular weight is 387 g/mol. The molecule has 1 aromatic rings. The maximum absolute atomic E-state index is 10.7. The number of hydrogen-bond donors (Lipinski definition) is 1. The van der Waals surface area contributed by atoms with E-state index < -0.39 is 10.8 Å². The SMILES string of the molecule is O=C(O)[C@@H](Br)[C@H](Br)c1ccc(Br)cc1. The Bertz CT molecular complexity index is 323. The van der Waals surface area contributed by atoms with Crippen molar-refractivity contribution in [2.75, 3.05) is 0 Å². The van der Waals surface area contributed by atoms with Gasteiger partial charge in [-0.2, -0.15) is 0 Å². The average Bonchev–Trinajstić information content (AvgIpc) is 2.16. The molecule has 1 rings (SSSR count). The number of hydrogen-bond acceptors (Lipinski definition) is 1. The van der Waals surface area contributed by atoms with E-state index in [4.69, 9.17) is 5.11 Å². The van der Waals surface area contributed by atoms with E-state index in [2.05, 4.69) is 47.8 Å². The topological polar surface area (TPSA) is 37.3 Å². The molecule has 1 N–H and O–H groups in total. The van der Waals surface area contributed by atoms with E-state index in [-0.39, 0.29) is 4.83 Å².